The van der Waals surface area contributed by atoms with Crippen molar-refractivity contribution in [2.75, 3.05) is 18.8 Å². The number of ether oxygens (including phenoxy) is 1. The Bertz CT molecular complexity index is 1650. The molecule has 2 fully saturated rings. The first kappa shape index (κ1) is 25.4. The van der Waals surface area contributed by atoms with Crippen LogP contribution in [0.25, 0.3) is 27.1 Å². The number of nitrogen functional groups attached to an aromatic ring is 1. The third-order valence-corrected chi connectivity index (χ3v) is 7.10. The molecule has 1 amide bonds. The molecule has 2 aliphatic rings. The van der Waals surface area contributed by atoms with E-state index in [1.54, 1.807) is 39.9 Å². The number of fused-ring (bicyclic) bond motifs is 1. The zero-order valence-corrected chi connectivity index (χ0v) is 21.4. The third kappa shape index (κ3) is 5.08. The highest BCUT2D eigenvalue weighted by molar-refractivity contribution is 5.98. The first-order valence-electron chi connectivity index (χ1n) is 13.0. The lowest BCUT2D eigenvalue weighted by atomic mass is 10.1. The predicted octanol–water partition coefficient (Wildman–Crippen LogP) is 5.52. The van der Waals surface area contributed by atoms with Gasteiger partial charge in [0.15, 0.2) is 5.65 Å². The maximum Gasteiger partial charge on any atom is 0.252 e. The van der Waals surface area contributed by atoms with Gasteiger partial charge in [0.05, 0.1) is 18.0 Å². The van der Waals surface area contributed by atoms with Crippen LogP contribution in [0.5, 0.6) is 11.5 Å². The van der Waals surface area contributed by atoms with Gasteiger partial charge in [-0.1, -0.05) is 6.08 Å². The largest absolute Gasteiger partial charge is 0.457 e. The summed E-state index contributed by atoms with van der Waals surface area (Å²) in [6, 6.07) is 9.69. The minimum atomic E-state index is -0.730. The molecule has 1 saturated heterocycles. The van der Waals surface area contributed by atoms with Gasteiger partial charge in [-0.25, -0.2) is 28.3 Å². The third-order valence-electron chi connectivity index (χ3n) is 7.10. The molecule has 40 heavy (non-hydrogen) atoms. The van der Waals surface area contributed by atoms with Crippen LogP contribution in [0.15, 0.2) is 60.6 Å². The van der Waals surface area contributed by atoms with E-state index in [1.165, 1.54) is 6.33 Å². The summed E-state index contributed by atoms with van der Waals surface area (Å²) in [5, 5.41) is 5.46. The van der Waals surface area contributed by atoms with Gasteiger partial charge in [-0.3, -0.25) is 4.79 Å². The molecular weight excluding hydrogens is 516 g/mol. The summed E-state index contributed by atoms with van der Waals surface area (Å²) >= 11 is 0. The normalized spacial score (nSPS) is 17.6. The number of nitrogens with zero attached hydrogens (tertiary/aromatic N) is 6. The van der Waals surface area contributed by atoms with E-state index < -0.39 is 11.6 Å². The Kier molecular flexibility index (Phi) is 6.59. The van der Waals surface area contributed by atoms with Gasteiger partial charge in [0.1, 0.15) is 41.0 Å². The molecule has 0 spiro atoms. The first-order valence-corrected chi connectivity index (χ1v) is 13.0. The first-order chi connectivity index (χ1) is 19.4. The molecule has 4 aromatic rings. The quantitative estimate of drug-likeness (QED) is 0.255. The van der Waals surface area contributed by atoms with Crippen LogP contribution in [0.1, 0.15) is 31.7 Å². The lowest BCUT2D eigenvalue weighted by Crippen LogP contribution is -2.41. The van der Waals surface area contributed by atoms with Crippen LogP contribution in [0.4, 0.5) is 14.6 Å². The molecule has 202 valence electrons. The summed E-state index contributed by atoms with van der Waals surface area (Å²) < 4.78 is 34.5. The second kappa shape index (κ2) is 10.4. The number of amides is 1. The smallest absolute Gasteiger partial charge is 0.252 e. The number of carbonyl (C=O) groups is 1. The van der Waals surface area contributed by atoms with Crippen LogP contribution in [0.2, 0.25) is 0 Å². The Labute approximate surface area is 228 Å². The topological polar surface area (TPSA) is 104 Å². The van der Waals surface area contributed by atoms with Crippen molar-refractivity contribution in [3.63, 3.8) is 0 Å². The number of halogens is 2. The lowest BCUT2D eigenvalue weighted by molar-refractivity contribution is -0.128. The Morgan fingerprint density at radius 2 is 1.82 bits per heavy atom. The number of rotatable bonds is 6. The predicted molar refractivity (Wildman–Crippen MR) is 144 cm³/mol. The highest BCUT2D eigenvalue weighted by Gasteiger charge is 2.31. The van der Waals surface area contributed by atoms with Crippen molar-refractivity contribution in [1.29, 1.82) is 0 Å². The summed E-state index contributed by atoms with van der Waals surface area (Å²) in [7, 11) is 0. The van der Waals surface area contributed by atoms with Crippen LogP contribution in [-0.2, 0) is 4.79 Å². The van der Waals surface area contributed by atoms with E-state index in [0.717, 1.165) is 49.4 Å². The molecule has 0 radical (unpaired) electrons. The molecule has 3 heterocycles. The summed E-state index contributed by atoms with van der Waals surface area (Å²) in [6.45, 7) is 8.46. The molecule has 1 atom stereocenters. The van der Waals surface area contributed by atoms with Crippen molar-refractivity contribution in [2.45, 2.75) is 31.7 Å². The molecule has 9 nitrogen and oxygen atoms in total. The van der Waals surface area contributed by atoms with Gasteiger partial charge in [0.2, 0.25) is 5.70 Å². The molecule has 2 N–H and O–H groups in total. The molecule has 0 unspecified atom stereocenters. The van der Waals surface area contributed by atoms with Crippen LogP contribution in [-0.4, -0.2) is 43.6 Å². The highest BCUT2D eigenvalue weighted by Crippen LogP contribution is 2.36. The SMILES string of the molecule is [C-]#[N+]/C(=C\C1CC1)C(=O)N1CCC[C@@H](n2nc(-c3ccc(Oc4cc(F)cc(F)c4)cc3)c3c(N)ncnc32)C1. The molecule has 0 bridgehead atoms. The monoisotopic (exact) mass is 541 g/mol. The molecule has 1 aliphatic heterocycles. The summed E-state index contributed by atoms with van der Waals surface area (Å²) in [5.74, 6) is -0.671. The zero-order chi connectivity index (χ0) is 27.8. The van der Waals surface area contributed by atoms with Crippen LogP contribution >= 0.6 is 0 Å². The van der Waals surface area contributed by atoms with E-state index in [-0.39, 0.29) is 29.2 Å². The molecule has 6 rings (SSSR count). The van der Waals surface area contributed by atoms with Crippen LogP contribution in [0.3, 0.4) is 0 Å². The Balaban J connectivity index is 1.29. The standard InChI is InChI=1S/C29H25F2N7O2/c1-33-24(11-17-4-5-17)29(39)37-10-2-3-21(15-37)38-28-25(27(32)34-16-35-28)26(36-38)18-6-8-22(9-7-18)40-23-13-19(30)12-20(31)14-23/h6-9,11-14,16-17,21H,2-5,10,15H2,(H2,32,34,35)/b24-11-/t21-/m1/s1. The maximum atomic E-state index is 13.5. The van der Waals surface area contributed by atoms with Crippen molar-refractivity contribution in [3.8, 4) is 22.8 Å². The summed E-state index contributed by atoms with van der Waals surface area (Å²) in [6.07, 6.45) is 6.76. The number of hydrogen-bond acceptors (Lipinski definition) is 6. The maximum absolute atomic E-state index is 13.5. The average molecular weight is 542 g/mol. The minimum absolute atomic E-state index is 0.0439. The number of hydrogen-bond donors (Lipinski definition) is 1. The van der Waals surface area contributed by atoms with Crippen molar-refractivity contribution in [2.24, 2.45) is 5.92 Å². The number of benzene rings is 2. The molecule has 2 aromatic carbocycles. The van der Waals surface area contributed by atoms with Crippen molar-refractivity contribution >= 4 is 22.8 Å². The number of likely N-dealkylation sites (tertiary alicyclic amines) is 1. The number of nitrogens with two attached hydrogens (primary N) is 1. The van der Waals surface area contributed by atoms with E-state index in [1.807, 2.05) is 0 Å². The van der Waals surface area contributed by atoms with Gasteiger partial charge in [0.25, 0.3) is 5.91 Å². The van der Waals surface area contributed by atoms with E-state index in [4.69, 9.17) is 22.1 Å². The number of piperidine rings is 1. The minimum Gasteiger partial charge on any atom is -0.457 e. The zero-order valence-electron chi connectivity index (χ0n) is 21.4. The Morgan fingerprint density at radius 3 is 2.52 bits per heavy atom. The van der Waals surface area contributed by atoms with E-state index in [2.05, 4.69) is 14.8 Å². The number of anilines is 1. The van der Waals surface area contributed by atoms with Gasteiger partial charge in [-0.2, -0.15) is 5.10 Å². The van der Waals surface area contributed by atoms with E-state index >= 15 is 0 Å². The van der Waals surface area contributed by atoms with Crippen molar-refractivity contribution < 1.29 is 18.3 Å². The summed E-state index contributed by atoms with van der Waals surface area (Å²) in [4.78, 5) is 27.0. The van der Waals surface area contributed by atoms with Crippen LogP contribution < -0.4 is 10.5 Å². The highest BCUT2D eigenvalue weighted by atomic mass is 19.1. The number of carbonyl (C=O) groups excluding carboxylic acids is 1. The fourth-order valence-corrected chi connectivity index (χ4v) is 5.00. The molecule has 2 aromatic heterocycles. The lowest BCUT2D eigenvalue weighted by Gasteiger charge is -2.33. The van der Waals surface area contributed by atoms with E-state index in [9.17, 15) is 13.6 Å². The number of aromatic nitrogens is 4. The summed E-state index contributed by atoms with van der Waals surface area (Å²) in [5.41, 5.74) is 8.30. The van der Waals surface area contributed by atoms with Gasteiger partial charge in [0, 0.05) is 36.9 Å². The van der Waals surface area contributed by atoms with Crippen LogP contribution in [0, 0.1) is 24.1 Å². The fourth-order valence-electron chi connectivity index (χ4n) is 5.00. The van der Waals surface area contributed by atoms with E-state index in [0.29, 0.717) is 41.5 Å². The second-order valence-electron chi connectivity index (χ2n) is 10.0. The molecule has 11 heteroatoms. The van der Waals surface area contributed by atoms with Gasteiger partial charge >= 0.3 is 0 Å². The molecule has 1 aliphatic carbocycles. The average Bonchev–Trinajstić information content (AvgIpc) is 3.68. The Morgan fingerprint density at radius 1 is 1.07 bits per heavy atom. The molecular formula is C29H25F2N7O2. The molecule has 1 saturated carbocycles. The van der Waals surface area contributed by atoms with Gasteiger partial charge < -0.3 is 15.4 Å². The fraction of sp³-hybridized carbons (Fsp3) is 0.276. The second-order valence-corrected chi connectivity index (χ2v) is 10.0. The Hall–Kier alpha value is -4.85. The van der Waals surface area contributed by atoms with Crippen molar-refractivity contribution in [1.82, 2.24) is 24.6 Å². The van der Waals surface area contributed by atoms with Crippen molar-refractivity contribution in [3.05, 3.63) is 83.6 Å². The van der Waals surface area contributed by atoms with Gasteiger partial charge in [-0.05, 0) is 55.9 Å². The van der Waals surface area contributed by atoms with Gasteiger partial charge in [-0.15, -0.1) is 0 Å². The number of allylic oxidation sites excluding steroid dienone is 1.